The van der Waals surface area contributed by atoms with E-state index in [9.17, 15) is 9.90 Å². The van der Waals surface area contributed by atoms with Crippen LogP contribution in [-0.4, -0.2) is 21.9 Å². The molecule has 0 saturated carbocycles. The third kappa shape index (κ3) is 3.74. The van der Waals surface area contributed by atoms with Gasteiger partial charge in [-0.05, 0) is 60.9 Å². The van der Waals surface area contributed by atoms with Gasteiger partial charge in [-0.25, -0.2) is 4.79 Å². The summed E-state index contributed by atoms with van der Waals surface area (Å²) >= 11 is 1.74. The molecule has 1 heterocycles. The molecule has 1 N–H and O–H groups in total. The van der Waals surface area contributed by atoms with E-state index in [-0.39, 0.29) is 5.41 Å². The van der Waals surface area contributed by atoms with Crippen molar-refractivity contribution < 1.29 is 9.90 Å². The standard InChI is InChI=1S/C24H27NO2S/c1-15-11-21(23(26)27)16(2)25(15)22-10-8-7-9-20(22)17-12-18(24(3,4)5)14-19(13-17)28-6/h7-14H,1-6H3,(H,26,27). The van der Waals surface area contributed by atoms with Gasteiger partial charge < -0.3 is 9.67 Å². The molecule has 0 spiro atoms. The first-order chi connectivity index (χ1) is 13.1. The zero-order valence-electron chi connectivity index (χ0n) is 17.3. The summed E-state index contributed by atoms with van der Waals surface area (Å²) in [7, 11) is 0. The minimum atomic E-state index is -0.892. The van der Waals surface area contributed by atoms with E-state index in [4.69, 9.17) is 0 Å². The lowest BCUT2D eigenvalue weighted by atomic mass is 9.85. The highest BCUT2D eigenvalue weighted by Crippen LogP contribution is 2.36. The molecule has 0 aliphatic carbocycles. The first-order valence-corrected chi connectivity index (χ1v) is 10.6. The van der Waals surface area contributed by atoms with E-state index in [1.165, 1.54) is 10.5 Å². The second-order valence-corrected chi connectivity index (χ2v) is 9.02. The van der Waals surface area contributed by atoms with Crippen molar-refractivity contribution in [2.75, 3.05) is 6.26 Å². The Morgan fingerprint density at radius 3 is 2.29 bits per heavy atom. The number of para-hydroxylation sites is 1. The molecule has 0 saturated heterocycles. The van der Waals surface area contributed by atoms with Gasteiger partial charge in [0.05, 0.1) is 11.3 Å². The van der Waals surface area contributed by atoms with Gasteiger partial charge in [-0.15, -0.1) is 11.8 Å². The van der Waals surface area contributed by atoms with Crippen LogP contribution in [0.3, 0.4) is 0 Å². The number of hydrogen-bond acceptors (Lipinski definition) is 2. The van der Waals surface area contributed by atoms with Crippen molar-refractivity contribution in [3.63, 3.8) is 0 Å². The van der Waals surface area contributed by atoms with Gasteiger partial charge >= 0.3 is 5.97 Å². The van der Waals surface area contributed by atoms with E-state index >= 15 is 0 Å². The molecule has 0 unspecified atom stereocenters. The fourth-order valence-corrected chi connectivity index (χ4v) is 4.06. The topological polar surface area (TPSA) is 42.2 Å². The highest BCUT2D eigenvalue weighted by atomic mass is 32.2. The molecule has 3 aromatic rings. The smallest absolute Gasteiger partial charge is 0.337 e. The maximum Gasteiger partial charge on any atom is 0.337 e. The third-order valence-corrected chi connectivity index (χ3v) is 5.83. The largest absolute Gasteiger partial charge is 0.478 e. The number of carbonyl (C=O) groups is 1. The molecule has 0 aliphatic rings. The molecule has 3 rings (SSSR count). The monoisotopic (exact) mass is 393 g/mol. The van der Waals surface area contributed by atoms with Crippen LogP contribution in [0.5, 0.6) is 0 Å². The minimum absolute atomic E-state index is 0.0468. The lowest BCUT2D eigenvalue weighted by Crippen LogP contribution is -2.11. The van der Waals surface area contributed by atoms with Crippen LogP contribution in [0.2, 0.25) is 0 Å². The number of aromatic nitrogens is 1. The van der Waals surface area contributed by atoms with Gasteiger partial charge in [0.2, 0.25) is 0 Å². The predicted octanol–water partition coefficient (Wildman–Crippen LogP) is 6.48. The second kappa shape index (κ2) is 7.51. The highest BCUT2D eigenvalue weighted by Gasteiger charge is 2.20. The molecule has 2 aromatic carbocycles. The number of carboxylic acids is 1. The van der Waals surface area contributed by atoms with Crippen LogP contribution < -0.4 is 0 Å². The van der Waals surface area contributed by atoms with Crippen LogP contribution in [0.4, 0.5) is 0 Å². The zero-order valence-corrected chi connectivity index (χ0v) is 18.1. The summed E-state index contributed by atoms with van der Waals surface area (Å²) in [5.74, 6) is -0.892. The van der Waals surface area contributed by atoms with Gasteiger partial charge in [0.1, 0.15) is 0 Å². The van der Waals surface area contributed by atoms with Gasteiger partial charge in [0, 0.05) is 21.8 Å². The molecule has 0 aliphatic heterocycles. The molecule has 4 heteroatoms. The van der Waals surface area contributed by atoms with Gasteiger partial charge in [0.25, 0.3) is 0 Å². The van der Waals surface area contributed by atoms with Crippen molar-refractivity contribution in [3.8, 4) is 16.8 Å². The quantitative estimate of drug-likeness (QED) is 0.516. The van der Waals surface area contributed by atoms with Gasteiger partial charge in [0.15, 0.2) is 0 Å². The fraction of sp³-hybridized carbons (Fsp3) is 0.292. The second-order valence-electron chi connectivity index (χ2n) is 8.14. The fourth-order valence-electron chi connectivity index (χ4n) is 3.57. The molecule has 0 amide bonds. The normalized spacial score (nSPS) is 11.6. The number of thioether (sulfide) groups is 1. The van der Waals surface area contributed by atoms with Gasteiger partial charge in [-0.3, -0.25) is 0 Å². The summed E-state index contributed by atoms with van der Waals surface area (Å²) in [4.78, 5) is 12.8. The van der Waals surface area contributed by atoms with Gasteiger partial charge in [-0.2, -0.15) is 0 Å². The van der Waals surface area contributed by atoms with Crippen LogP contribution >= 0.6 is 11.8 Å². The Balaban J connectivity index is 2.27. The SMILES string of the molecule is CSc1cc(-c2ccccc2-n2c(C)cc(C(=O)O)c2C)cc(C(C)(C)C)c1. The highest BCUT2D eigenvalue weighted by molar-refractivity contribution is 7.98. The molecule has 1 aromatic heterocycles. The van der Waals surface area contributed by atoms with E-state index < -0.39 is 5.97 Å². The Labute approximate surface area is 171 Å². The number of rotatable bonds is 4. The lowest BCUT2D eigenvalue weighted by molar-refractivity contribution is 0.0696. The third-order valence-electron chi connectivity index (χ3n) is 5.13. The minimum Gasteiger partial charge on any atom is -0.478 e. The molecular formula is C24H27NO2S. The van der Waals surface area contributed by atoms with Crippen LogP contribution in [0.25, 0.3) is 16.8 Å². The summed E-state index contributed by atoms with van der Waals surface area (Å²) in [5.41, 5.74) is 6.60. The van der Waals surface area contributed by atoms with Crippen molar-refractivity contribution in [2.45, 2.75) is 44.9 Å². The number of hydrogen-bond donors (Lipinski definition) is 1. The molecule has 0 atom stereocenters. The van der Waals surface area contributed by atoms with Crippen LogP contribution in [0, 0.1) is 13.8 Å². The summed E-state index contributed by atoms with van der Waals surface area (Å²) in [5, 5.41) is 9.51. The van der Waals surface area contributed by atoms with Crippen molar-refractivity contribution in [1.29, 1.82) is 0 Å². The Kier molecular flexibility index (Phi) is 5.44. The molecular weight excluding hydrogens is 366 g/mol. The maximum absolute atomic E-state index is 11.6. The van der Waals surface area contributed by atoms with Crippen LogP contribution in [0.1, 0.15) is 48.1 Å². The first kappa shape index (κ1) is 20.3. The van der Waals surface area contributed by atoms with Crippen molar-refractivity contribution in [3.05, 3.63) is 71.0 Å². The van der Waals surface area contributed by atoms with E-state index in [0.717, 1.165) is 28.2 Å². The number of carboxylic acid groups (broad SMARTS) is 1. The van der Waals surface area contributed by atoms with Crippen molar-refractivity contribution >= 4 is 17.7 Å². The Bertz CT molecular complexity index is 1040. The van der Waals surface area contributed by atoms with E-state index in [0.29, 0.717) is 5.56 Å². The number of aryl methyl sites for hydroxylation is 1. The van der Waals surface area contributed by atoms with Crippen molar-refractivity contribution in [1.82, 2.24) is 4.57 Å². The van der Waals surface area contributed by atoms with Crippen LogP contribution in [0.15, 0.2) is 53.4 Å². The van der Waals surface area contributed by atoms with Crippen LogP contribution in [-0.2, 0) is 5.41 Å². The number of benzene rings is 2. The molecule has 28 heavy (non-hydrogen) atoms. The molecule has 0 radical (unpaired) electrons. The summed E-state index contributed by atoms with van der Waals surface area (Å²) in [6.07, 6.45) is 2.09. The van der Waals surface area contributed by atoms with Crippen molar-refractivity contribution in [2.24, 2.45) is 0 Å². The molecule has 0 fully saturated rings. The molecule has 0 bridgehead atoms. The number of nitrogens with zero attached hydrogens (tertiary/aromatic N) is 1. The Morgan fingerprint density at radius 1 is 1.04 bits per heavy atom. The van der Waals surface area contributed by atoms with E-state index in [2.05, 4.69) is 57.4 Å². The average Bonchev–Trinajstić information content (AvgIpc) is 2.95. The Morgan fingerprint density at radius 2 is 1.71 bits per heavy atom. The molecule has 3 nitrogen and oxygen atoms in total. The Hall–Kier alpha value is -2.46. The molecule has 146 valence electrons. The summed E-state index contributed by atoms with van der Waals surface area (Å²) < 4.78 is 2.04. The van der Waals surface area contributed by atoms with E-state index in [1.807, 2.05) is 30.5 Å². The summed E-state index contributed by atoms with van der Waals surface area (Å²) in [6.45, 7) is 10.5. The zero-order chi connectivity index (χ0) is 20.6. The van der Waals surface area contributed by atoms with Gasteiger partial charge in [-0.1, -0.05) is 45.0 Å². The maximum atomic E-state index is 11.6. The van der Waals surface area contributed by atoms with E-state index in [1.54, 1.807) is 17.8 Å². The lowest BCUT2D eigenvalue weighted by Gasteiger charge is -2.22. The summed E-state index contributed by atoms with van der Waals surface area (Å²) in [6, 6.07) is 16.7. The number of aromatic carboxylic acids is 1. The average molecular weight is 394 g/mol. The first-order valence-electron chi connectivity index (χ1n) is 9.35. The predicted molar refractivity (Wildman–Crippen MR) is 118 cm³/mol.